The van der Waals surface area contributed by atoms with E-state index in [0.29, 0.717) is 6.04 Å². The monoisotopic (exact) mass is 295 g/mol. The number of aromatic amines is 1. The van der Waals surface area contributed by atoms with E-state index in [-0.39, 0.29) is 0 Å². The standard InChI is InChI=1S/C17H21N5/c1-12-14(11-18-21-12)16-17(19-13-7-3-2-4-8-13)22-10-6-5-9-15(22)20-16/h5-6,9-11,13,19H,2-4,7-8H2,1H3,(H,18,21). The van der Waals surface area contributed by atoms with Crippen molar-refractivity contribution in [2.45, 2.75) is 45.1 Å². The zero-order valence-corrected chi connectivity index (χ0v) is 12.8. The van der Waals surface area contributed by atoms with Gasteiger partial charge in [-0.1, -0.05) is 25.3 Å². The molecule has 0 aliphatic heterocycles. The number of imidazole rings is 1. The quantitative estimate of drug-likeness (QED) is 0.773. The lowest BCUT2D eigenvalue weighted by atomic mass is 9.95. The van der Waals surface area contributed by atoms with Gasteiger partial charge in [0.05, 0.1) is 6.20 Å². The Balaban J connectivity index is 1.81. The SMILES string of the molecule is Cc1[nH]ncc1-c1nc2ccccn2c1NC1CCCCC1. The van der Waals surface area contributed by atoms with Gasteiger partial charge in [-0.2, -0.15) is 5.10 Å². The van der Waals surface area contributed by atoms with Gasteiger partial charge in [0, 0.05) is 23.5 Å². The number of nitrogens with zero attached hydrogens (tertiary/aromatic N) is 3. The number of hydrogen-bond acceptors (Lipinski definition) is 3. The maximum atomic E-state index is 4.82. The van der Waals surface area contributed by atoms with Crippen LogP contribution in [0, 0.1) is 6.92 Å². The van der Waals surface area contributed by atoms with Crippen LogP contribution in [0.1, 0.15) is 37.8 Å². The largest absolute Gasteiger partial charge is 0.367 e. The van der Waals surface area contributed by atoms with Gasteiger partial charge in [-0.25, -0.2) is 4.98 Å². The van der Waals surface area contributed by atoms with Crippen molar-refractivity contribution in [3.8, 4) is 11.3 Å². The minimum Gasteiger partial charge on any atom is -0.367 e. The van der Waals surface area contributed by atoms with Crippen molar-refractivity contribution in [3.05, 3.63) is 36.3 Å². The summed E-state index contributed by atoms with van der Waals surface area (Å²) < 4.78 is 2.15. The van der Waals surface area contributed by atoms with E-state index in [9.17, 15) is 0 Å². The first-order valence-corrected chi connectivity index (χ1v) is 8.07. The minimum absolute atomic E-state index is 0.541. The van der Waals surface area contributed by atoms with E-state index in [2.05, 4.69) is 26.1 Å². The Morgan fingerprint density at radius 3 is 2.86 bits per heavy atom. The number of hydrogen-bond donors (Lipinski definition) is 2. The molecule has 1 aliphatic rings. The highest BCUT2D eigenvalue weighted by molar-refractivity contribution is 5.77. The van der Waals surface area contributed by atoms with Crippen LogP contribution in [0.2, 0.25) is 0 Å². The summed E-state index contributed by atoms with van der Waals surface area (Å²) >= 11 is 0. The second kappa shape index (κ2) is 5.48. The fourth-order valence-corrected chi connectivity index (χ4v) is 3.35. The molecule has 1 aliphatic carbocycles. The summed E-state index contributed by atoms with van der Waals surface area (Å²) in [5, 5.41) is 10.9. The predicted molar refractivity (Wildman–Crippen MR) is 88.0 cm³/mol. The number of nitrogens with one attached hydrogen (secondary N) is 2. The molecule has 5 nitrogen and oxygen atoms in total. The number of H-pyrrole nitrogens is 1. The summed E-state index contributed by atoms with van der Waals surface area (Å²) in [7, 11) is 0. The summed E-state index contributed by atoms with van der Waals surface area (Å²) in [6, 6.07) is 6.66. The Bertz CT molecular complexity index is 779. The zero-order valence-electron chi connectivity index (χ0n) is 12.8. The molecule has 0 radical (unpaired) electrons. The molecule has 2 N–H and O–H groups in total. The average molecular weight is 295 g/mol. The topological polar surface area (TPSA) is 58.0 Å². The van der Waals surface area contributed by atoms with E-state index >= 15 is 0 Å². The summed E-state index contributed by atoms with van der Waals surface area (Å²) in [6.07, 6.45) is 10.4. The first kappa shape index (κ1) is 13.4. The van der Waals surface area contributed by atoms with Gasteiger partial charge in [-0.05, 0) is 31.9 Å². The van der Waals surface area contributed by atoms with Crippen LogP contribution in [0.4, 0.5) is 5.82 Å². The second-order valence-electron chi connectivity index (χ2n) is 6.13. The normalized spacial score (nSPS) is 16.2. The highest BCUT2D eigenvalue weighted by Crippen LogP contribution is 2.32. The van der Waals surface area contributed by atoms with Gasteiger partial charge in [0.2, 0.25) is 0 Å². The van der Waals surface area contributed by atoms with Crippen LogP contribution in [-0.2, 0) is 0 Å². The highest BCUT2D eigenvalue weighted by Gasteiger charge is 2.20. The summed E-state index contributed by atoms with van der Waals surface area (Å²) in [4.78, 5) is 4.82. The number of rotatable bonds is 3. The van der Waals surface area contributed by atoms with Crippen molar-refractivity contribution in [1.82, 2.24) is 19.6 Å². The van der Waals surface area contributed by atoms with Gasteiger partial charge >= 0.3 is 0 Å². The molecule has 0 saturated heterocycles. The maximum absolute atomic E-state index is 4.82. The van der Waals surface area contributed by atoms with Crippen LogP contribution in [0.5, 0.6) is 0 Å². The third kappa shape index (κ3) is 2.26. The molecule has 0 atom stereocenters. The van der Waals surface area contributed by atoms with Gasteiger partial charge in [0.15, 0.2) is 0 Å². The second-order valence-corrected chi connectivity index (χ2v) is 6.13. The minimum atomic E-state index is 0.541. The third-order valence-electron chi connectivity index (χ3n) is 4.56. The lowest BCUT2D eigenvalue weighted by molar-refractivity contribution is 0.462. The van der Waals surface area contributed by atoms with E-state index < -0.39 is 0 Å². The Morgan fingerprint density at radius 2 is 2.09 bits per heavy atom. The van der Waals surface area contributed by atoms with Crippen LogP contribution in [0.25, 0.3) is 16.9 Å². The van der Waals surface area contributed by atoms with Crippen molar-refractivity contribution < 1.29 is 0 Å². The van der Waals surface area contributed by atoms with Crippen LogP contribution in [0.3, 0.4) is 0 Å². The fraction of sp³-hybridized carbons (Fsp3) is 0.412. The summed E-state index contributed by atoms with van der Waals surface area (Å²) in [5.74, 6) is 1.09. The van der Waals surface area contributed by atoms with E-state index in [1.54, 1.807) is 0 Å². The molecule has 0 unspecified atom stereocenters. The molecule has 3 heterocycles. The Kier molecular flexibility index (Phi) is 3.33. The van der Waals surface area contributed by atoms with Gasteiger partial charge < -0.3 is 5.32 Å². The van der Waals surface area contributed by atoms with Crippen LogP contribution < -0.4 is 5.32 Å². The predicted octanol–water partition coefficient (Wildman–Crippen LogP) is 3.78. The molecular formula is C17H21N5. The molecule has 0 aromatic carbocycles. The molecule has 5 heteroatoms. The molecule has 3 aromatic heterocycles. The van der Waals surface area contributed by atoms with Gasteiger partial charge in [0.25, 0.3) is 0 Å². The molecule has 114 valence electrons. The number of pyridine rings is 1. The van der Waals surface area contributed by atoms with E-state index in [0.717, 1.165) is 28.4 Å². The smallest absolute Gasteiger partial charge is 0.139 e. The molecule has 0 spiro atoms. The zero-order chi connectivity index (χ0) is 14.9. The first-order chi connectivity index (χ1) is 10.8. The van der Waals surface area contributed by atoms with Crippen molar-refractivity contribution in [2.75, 3.05) is 5.32 Å². The number of aromatic nitrogens is 4. The number of anilines is 1. The van der Waals surface area contributed by atoms with Crippen molar-refractivity contribution >= 4 is 11.5 Å². The molecule has 22 heavy (non-hydrogen) atoms. The van der Waals surface area contributed by atoms with E-state index in [1.165, 1.54) is 32.1 Å². The molecule has 4 rings (SSSR count). The summed E-state index contributed by atoms with van der Waals surface area (Å²) in [5.41, 5.74) is 4.08. The van der Waals surface area contributed by atoms with Gasteiger partial charge in [-0.3, -0.25) is 9.50 Å². The highest BCUT2D eigenvalue weighted by atomic mass is 15.2. The molecular weight excluding hydrogens is 274 g/mol. The average Bonchev–Trinajstić information content (AvgIpc) is 3.12. The van der Waals surface area contributed by atoms with Crippen LogP contribution >= 0.6 is 0 Å². The van der Waals surface area contributed by atoms with Crippen molar-refractivity contribution in [2.24, 2.45) is 0 Å². The Hall–Kier alpha value is -2.30. The maximum Gasteiger partial charge on any atom is 0.139 e. The lowest BCUT2D eigenvalue weighted by Crippen LogP contribution is -2.23. The molecule has 0 amide bonds. The van der Waals surface area contributed by atoms with E-state index in [4.69, 9.17) is 4.98 Å². The molecule has 0 bridgehead atoms. The number of aryl methyl sites for hydroxylation is 1. The first-order valence-electron chi connectivity index (χ1n) is 8.07. The Morgan fingerprint density at radius 1 is 1.23 bits per heavy atom. The fourth-order valence-electron chi connectivity index (χ4n) is 3.35. The third-order valence-corrected chi connectivity index (χ3v) is 4.56. The molecule has 1 fully saturated rings. The van der Waals surface area contributed by atoms with Crippen LogP contribution in [-0.4, -0.2) is 25.6 Å². The van der Waals surface area contributed by atoms with Gasteiger partial charge in [0.1, 0.15) is 17.2 Å². The van der Waals surface area contributed by atoms with Crippen molar-refractivity contribution in [1.29, 1.82) is 0 Å². The lowest BCUT2D eigenvalue weighted by Gasteiger charge is -2.24. The van der Waals surface area contributed by atoms with Gasteiger partial charge in [-0.15, -0.1) is 0 Å². The summed E-state index contributed by atoms with van der Waals surface area (Å²) in [6.45, 7) is 2.04. The van der Waals surface area contributed by atoms with E-state index in [1.807, 2.05) is 31.3 Å². The molecule has 1 saturated carbocycles. The number of fused-ring (bicyclic) bond motifs is 1. The van der Waals surface area contributed by atoms with Crippen molar-refractivity contribution in [3.63, 3.8) is 0 Å². The molecule has 3 aromatic rings. The van der Waals surface area contributed by atoms with Crippen LogP contribution in [0.15, 0.2) is 30.6 Å². The Labute approximate surface area is 129 Å².